The van der Waals surface area contributed by atoms with E-state index >= 15 is 0 Å². The van der Waals surface area contributed by atoms with Gasteiger partial charge in [0.1, 0.15) is 9.75 Å². The molecule has 5 nitrogen and oxygen atoms in total. The van der Waals surface area contributed by atoms with Gasteiger partial charge in [-0.1, -0.05) is 42.3 Å². The Hall–Kier alpha value is -0.820. The van der Waals surface area contributed by atoms with Crippen LogP contribution in [0.1, 0.15) is 12.5 Å². The third-order valence-electron chi connectivity index (χ3n) is 6.13. The molecule has 28 heavy (non-hydrogen) atoms. The number of hydrogen-bond acceptors (Lipinski definition) is 4. The summed E-state index contributed by atoms with van der Waals surface area (Å²) in [6.07, 6.45) is 0.836. The Morgan fingerprint density at radius 1 is 0.929 bits per heavy atom. The van der Waals surface area contributed by atoms with Crippen molar-refractivity contribution in [3.05, 3.63) is 39.9 Å². The van der Waals surface area contributed by atoms with Crippen LogP contribution in [0.15, 0.2) is 34.3 Å². The highest BCUT2D eigenvalue weighted by atomic mass is 35.5. The van der Waals surface area contributed by atoms with Gasteiger partial charge in [0.15, 0.2) is 0 Å². The summed E-state index contributed by atoms with van der Waals surface area (Å²) in [6, 6.07) is 7.16. The average molecular weight is 465 g/mol. The zero-order valence-corrected chi connectivity index (χ0v) is 18.3. The first kappa shape index (κ1) is 20.5. The first-order valence-corrected chi connectivity index (χ1v) is 10.2. The number of carbonyl (C=O) groups is 2. The van der Waals surface area contributed by atoms with Crippen molar-refractivity contribution >= 4 is 63.9 Å². The largest absolute Gasteiger partial charge is 0.350 e. The lowest BCUT2D eigenvalue weighted by molar-refractivity contribution is -0.221. The Kier molecular flexibility index (Phi) is 4.63. The highest BCUT2D eigenvalue weighted by molar-refractivity contribution is 6.54. The van der Waals surface area contributed by atoms with E-state index < -0.39 is 39.2 Å². The van der Waals surface area contributed by atoms with Crippen LogP contribution in [-0.4, -0.2) is 41.6 Å². The van der Waals surface area contributed by atoms with Crippen LogP contribution in [-0.2, 0) is 25.5 Å². The fraction of sp³-hybridized carbons (Fsp3) is 0.474. The van der Waals surface area contributed by atoms with Gasteiger partial charge in [-0.2, -0.15) is 0 Å². The van der Waals surface area contributed by atoms with Crippen molar-refractivity contribution in [2.75, 3.05) is 19.1 Å². The fourth-order valence-corrected chi connectivity index (χ4v) is 7.00. The predicted molar refractivity (Wildman–Crippen MR) is 108 cm³/mol. The first-order chi connectivity index (χ1) is 13.2. The minimum Gasteiger partial charge on any atom is -0.350 e. The molecule has 2 fully saturated rings. The summed E-state index contributed by atoms with van der Waals surface area (Å²) < 4.78 is 11.1. The summed E-state index contributed by atoms with van der Waals surface area (Å²) in [6.45, 7) is 2.02. The second-order valence-corrected chi connectivity index (χ2v) is 9.01. The predicted octanol–water partition coefficient (Wildman–Crippen LogP) is 4.02. The monoisotopic (exact) mass is 463 g/mol. The van der Waals surface area contributed by atoms with E-state index in [0.717, 1.165) is 16.9 Å². The smallest absolute Gasteiger partial charge is 0.240 e. The van der Waals surface area contributed by atoms with Crippen molar-refractivity contribution in [2.45, 2.75) is 28.9 Å². The van der Waals surface area contributed by atoms with Crippen LogP contribution in [0.2, 0.25) is 0 Å². The molecule has 2 amide bonds. The second kappa shape index (κ2) is 6.34. The minimum atomic E-state index is -1.77. The van der Waals surface area contributed by atoms with Crippen LogP contribution in [0.4, 0.5) is 5.69 Å². The van der Waals surface area contributed by atoms with Gasteiger partial charge in [-0.25, -0.2) is 4.90 Å². The fourth-order valence-electron chi connectivity index (χ4n) is 4.84. The molecule has 150 valence electrons. The molecule has 1 aromatic rings. The number of hydrogen-bond donors (Lipinski definition) is 0. The van der Waals surface area contributed by atoms with Gasteiger partial charge in [-0.3, -0.25) is 9.59 Å². The summed E-state index contributed by atoms with van der Waals surface area (Å²) in [4.78, 5) is 24.4. The quantitative estimate of drug-likeness (QED) is 0.383. The number of benzene rings is 1. The number of imide groups is 1. The SMILES string of the molecule is CCc1ccc(N2C(=O)[C@@H]3[C@H](C2=O)[C@]2(Cl)C(Cl)=C(Cl)[C@]3(Cl)C2(OC)OC)cc1. The molecule has 2 aliphatic carbocycles. The van der Waals surface area contributed by atoms with E-state index in [1.807, 2.05) is 19.1 Å². The molecule has 9 heteroatoms. The van der Waals surface area contributed by atoms with Crippen LogP contribution in [0.5, 0.6) is 0 Å². The highest BCUT2D eigenvalue weighted by Crippen LogP contribution is 2.75. The molecule has 0 N–H and O–H groups in total. The number of fused-ring (bicyclic) bond motifs is 5. The van der Waals surface area contributed by atoms with Gasteiger partial charge in [0.05, 0.1) is 27.6 Å². The third kappa shape index (κ3) is 1.94. The van der Waals surface area contributed by atoms with E-state index in [2.05, 4.69) is 0 Å². The van der Waals surface area contributed by atoms with Gasteiger partial charge in [0.2, 0.25) is 17.6 Å². The van der Waals surface area contributed by atoms with Gasteiger partial charge < -0.3 is 9.47 Å². The number of nitrogens with zero attached hydrogens (tertiary/aromatic N) is 1. The van der Waals surface area contributed by atoms with Crippen LogP contribution in [0, 0.1) is 11.8 Å². The van der Waals surface area contributed by atoms with Crippen LogP contribution < -0.4 is 4.90 Å². The molecular weight excluding hydrogens is 448 g/mol. The van der Waals surface area contributed by atoms with Crippen molar-refractivity contribution in [3.63, 3.8) is 0 Å². The van der Waals surface area contributed by atoms with E-state index in [1.165, 1.54) is 14.2 Å². The number of ether oxygens (including phenoxy) is 2. The summed E-state index contributed by atoms with van der Waals surface area (Å²) in [5.74, 6) is -4.97. The standard InChI is InChI=1S/C19H17Cl4NO4/c1-4-9-5-7-10(8-6-9)24-15(25)11-12(16(24)26)18(23)14(21)13(20)17(11,22)19(18,27-2)28-3/h5-8,11-12H,4H2,1-3H3/t11-,12+,17-,18-/m0/s1. The Balaban J connectivity index is 1.88. The lowest BCUT2D eigenvalue weighted by Gasteiger charge is -2.42. The van der Waals surface area contributed by atoms with Crippen molar-refractivity contribution in [3.8, 4) is 0 Å². The summed E-state index contributed by atoms with van der Waals surface area (Å²) >= 11 is 26.7. The molecule has 1 saturated carbocycles. The van der Waals surface area contributed by atoms with Crippen LogP contribution in [0.25, 0.3) is 0 Å². The maximum Gasteiger partial charge on any atom is 0.240 e. The molecule has 1 saturated heterocycles. The number of halogens is 4. The second-order valence-electron chi connectivity index (χ2n) is 7.06. The van der Waals surface area contributed by atoms with Crippen molar-refractivity contribution in [2.24, 2.45) is 11.8 Å². The third-order valence-corrected chi connectivity index (χ3v) is 8.74. The molecule has 1 heterocycles. The lowest BCUT2D eigenvalue weighted by Crippen LogP contribution is -2.60. The van der Waals surface area contributed by atoms with Crippen molar-refractivity contribution < 1.29 is 19.1 Å². The maximum atomic E-state index is 13.4. The minimum absolute atomic E-state index is 0.0416. The van der Waals surface area contributed by atoms with Gasteiger partial charge in [-0.15, -0.1) is 23.2 Å². The molecule has 4 atom stereocenters. The first-order valence-electron chi connectivity index (χ1n) is 8.68. The number of anilines is 1. The molecule has 0 unspecified atom stereocenters. The maximum absolute atomic E-state index is 13.4. The van der Waals surface area contributed by atoms with Gasteiger partial charge >= 0.3 is 0 Å². The number of aryl methyl sites for hydroxylation is 1. The molecule has 1 aromatic carbocycles. The zero-order chi connectivity index (χ0) is 20.6. The van der Waals surface area contributed by atoms with Crippen molar-refractivity contribution in [1.29, 1.82) is 0 Å². The summed E-state index contributed by atoms with van der Waals surface area (Å²) in [5.41, 5.74) is 1.52. The molecule has 0 radical (unpaired) electrons. The topological polar surface area (TPSA) is 55.8 Å². The van der Waals surface area contributed by atoms with Crippen molar-refractivity contribution in [1.82, 2.24) is 0 Å². The molecule has 4 rings (SSSR count). The van der Waals surface area contributed by atoms with E-state index in [1.54, 1.807) is 12.1 Å². The molecule has 3 aliphatic rings. The van der Waals surface area contributed by atoms with Gasteiger partial charge in [-0.05, 0) is 24.1 Å². The Bertz CT molecular complexity index is 867. The molecule has 0 aromatic heterocycles. The lowest BCUT2D eigenvalue weighted by atomic mass is 9.84. The van der Waals surface area contributed by atoms with E-state index in [9.17, 15) is 9.59 Å². The molecule has 0 spiro atoms. The molecule has 2 bridgehead atoms. The van der Waals surface area contributed by atoms with Gasteiger partial charge in [0, 0.05) is 14.2 Å². The Morgan fingerprint density at radius 2 is 1.36 bits per heavy atom. The number of methoxy groups -OCH3 is 2. The Labute approximate surface area is 182 Å². The zero-order valence-electron chi connectivity index (χ0n) is 15.3. The number of alkyl halides is 2. The van der Waals surface area contributed by atoms with Crippen LogP contribution in [0.3, 0.4) is 0 Å². The summed E-state index contributed by atoms with van der Waals surface area (Å²) in [5, 5.41) is -0.0831. The highest BCUT2D eigenvalue weighted by Gasteiger charge is 2.89. The van der Waals surface area contributed by atoms with E-state index in [4.69, 9.17) is 55.9 Å². The van der Waals surface area contributed by atoms with Gasteiger partial charge in [0.25, 0.3) is 0 Å². The van der Waals surface area contributed by atoms with E-state index in [0.29, 0.717) is 5.69 Å². The number of carbonyl (C=O) groups excluding carboxylic acids is 2. The molecular formula is C19H17Cl4NO4. The number of rotatable bonds is 4. The number of amides is 2. The molecule has 1 aliphatic heterocycles. The summed E-state index contributed by atoms with van der Waals surface area (Å²) in [7, 11) is 2.66. The van der Waals surface area contributed by atoms with Crippen LogP contribution >= 0.6 is 46.4 Å². The Morgan fingerprint density at radius 3 is 1.71 bits per heavy atom. The average Bonchev–Trinajstić information content (AvgIpc) is 3.12. The normalized spacial score (nSPS) is 35.9. The van der Waals surface area contributed by atoms with E-state index in [-0.39, 0.29) is 10.1 Å².